The van der Waals surface area contributed by atoms with Crippen molar-refractivity contribution in [2.45, 2.75) is 33.6 Å². The summed E-state index contributed by atoms with van der Waals surface area (Å²) < 4.78 is 0. The molecule has 0 aromatic carbocycles. The van der Waals surface area contributed by atoms with Crippen molar-refractivity contribution in [2.75, 3.05) is 0 Å². The van der Waals surface area contributed by atoms with Gasteiger partial charge in [0.1, 0.15) is 11.6 Å². The van der Waals surface area contributed by atoms with Crippen LogP contribution in [-0.2, 0) is 9.59 Å². The summed E-state index contributed by atoms with van der Waals surface area (Å²) in [6.07, 6.45) is 1.18. The van der Waals surface area contributed by atoms with Crippen LogP contribution in [0.3, 0.4) is 0 Å². The maximum absolute atomic E-state index is 10.8. The largest absolute Gasteiger partial charge is 0.300 e. The van der Waals surface area contributed by atoms with Crippen molar-refractivity contribution in [1.82, 2.24) is 0 Å². The Labute approximate surface area is 61.6 Å². The van der Waals surface area contributed by atoms with E-state index < -0.39 is 0 Å². The predicted molar refractivity (Wildman–Crippen MR) is 39.8 cm³/mol. The number of Topliss-reactive ketones (excluding diaryl/α,β-unsaturated/α-hetero) is 2. The van der Waals surface area contributed by atoms with E-state index in [2.05, 4.69) is 0 Å². The molecule has 1 atom stereocenters. The van der Waals surface area contributed by atoms with Gasteiger partial charge in [0.2, 0.25) is 0 Å². The molecule has 0 aromatic rings. The highest BCUT2D eigenvalue weighted by atomic mass is 16.1. The Balaban J connectivity index is 3.83. The Morgan fingerprint density at radius 3 is 1.90 bits per heavy atom. The molecule has 0 aromatic heterocycles. The second-order valence-electron chi connectivity index (χ2n) is 2.62. The number of ketones is 2. The second-order valence-corrected chi connectivity index (χ2v) is 2.62. The van der Waals surface area contributed by atoms with E-state index in [1.54, 1.807) is 0 Å². The van der Waals surface area contributed by atoms with Crippen LogP contribution in [0.15, 0.2) is 0 Å². The summed E-state index contributed by atoms with van der Waals surface area (Å²) >= 11 is 0. The third-order valence-electron chi connectivity index (χ3n) is 1.60. The summed E-state index contributed by atoms with van der Waals surface area (Å²) in [6.45, 7) is 4.98. The van der Waals surface area contributed by atoms with Crippen LogP contribution in [0.1, 0.15) is 33.6 Å². The highest BCUT2D eigenvalue weighted by Gasteiger charge is 2.12. The van der Waals surface area contributed by atoms with E-state index in [0.29, 0.717) is 6.42 Å². The molecule has 0 rings (SSSR count). The van der Waals surface area contributed by atoms with Gasteiger partial charge < -0.3 is 4.79 Å². The highest BCUT2D eigenvalue weighted by Crippen LogP contribution is 2.09. The van der Waals surface area contributed by atoms with Crippen molar-refractivity contribution < 1.29 is 9.59 Å². The van der Waals surface area contributed by atoms with Gasteiger partial charge in [0.15, 0.2) is 0 Å². The predicted octanol–water partition coefficient (Wildman–Crippen LogP) is 1.58. The van der Waals surface area contributed by atoms with Crippen molar-refractivity contribution >= 4 is 11.6 Å². The Hall–Kier alpha value is -0.660. The zero-order valence-corrected chi connectivity index (χ0v) is 6.81. The fourth-order valence-electron chi connectivity index (χ4n) is 0.923. The van der Waals surface area contributed by atoms with Crippen LogP contribution in [0.2, 0.25) is 0 Å². The summed E-state index contributed by atoms with van der Waals surface area (Å²) in [5, 5.41) is 0. The number of hydrogen-bond donors (Lipinski definition) is 0. The van der Waals surface area contributed by atoms with Gasteiger partial charge in [-0.2, -0.15) is 0 Å². The topological polar surface area (TPSA) is 34.1 Å². The summed E-state index contributed by atoms with van der Waals surface area (Å²) in [7, 11) is 0. The molecule has 10 heavy (non-hydrogen) atoms. The van der Waals surface area contributed by atoms with Gasteiger partial charge in [-0.15, -0.1) is 0 Å². The molecule has 0 unspecified atom stereocenters. The van der Waals surface area contributed by atoms with Crippen LogP contribution < -0.4 is 0 Å². The van der Waals surface area contributed by atoms with E-state index in [9.17, 15) is 9.59 Å². The molecular formula is C8H14O2. The number of carbonyl (C=O) groups excluding carboxylic acids is 2. The molecule has 0 heterocycles. The molecule has 0 saturated heterocycles. The molecule has 0 saturated carbocycles. The molecule has 0 aliphatic rings. The number of hydrogen-bond acceptors (Lipinski definition) is 2. The summed E-state index contributed by atoms with van der Waals surface area (Å²) in [5.74, 6) is 0.178. The van der Waals surface area contributed by atoms with Crippen LogP contribution >= 0.6 is 0 Å². The molecule has 0 radical (unpaired) electrons. The summed E-state index contributed by atoms with van der Waals surface area (Å²) in [6, 6.07) is 0. The van der Waals surface area contributed by atoms with Gasteiger partial charge >= 0.3 is 0 Å². The zero-order chi connectivity index (χ0) is 8.15. The van der Waals surface area contributed by atoms with Crippen LogP contribution in [0, 0.1) is 5.92 Å². The first-order valence-corrected chi connectivity index (χ1v) is 3.57. The molecule has 0 N–H and O–H groups in total. The molecule has 58 valence electrons. The van der Waals surface area contributed by atoms with Crippen LogP contribution in [0.5, 0.6) is 0 Å². The Morgan fingerprint density at radius 2 is 1.80 bits per heavy atom. The standard InChI is InChI=1S/C8H14O2/c1-4-8(7(3)10)5-6(2)9/h8H,4-5H2,1-3H3/t8-/m1/s1. The molecule has 2 nitrogen and oxygen atoms in total. The molecule has 0 aliphatic heterocycles. The van der Waals surface area contributed by atoms with E-state index in [4.69, 9.17) is 0 Å². The molecule has 0 aliphatic carbocycles. The van der Waals surface area contributed by atoms with E-state index in [-0.39, 0.29) is 17.5 Å². The third-order valence-corrected chi connectivity index (χ3v) is 1.60. The lowest BCUT2D eigenvalue weighted by molar-refractivity contribution is -0.125. The van der Waals surface area contributed by atoms with Gasteiger partial charge in [0.05, 0.1) is 0 Å². The normalized spacial score (nSPS) is 12.7. The van der Waals surface area contributed by atoms with Gasteiger partial charge in [-0.3, -0.25) is 4.79 Å². The lowest BCUT2D eigenvalue weighted by Crippen LogP contribution is -2.12. The third kappa shape index (κ3) is 3.38. The van der Waals surface area contributed by atoms with Crippen molar-refractivity contribution in [1.29, 1.82) is 0 Å². The lowest BCUT2D eigenvalue weighted by atomic mass is 9.96. The van der Waals surface area contributed by atoms with E-state index in [0.717, 1.165) is 6.42 Å². The number of carbonyl (C=O) groups is 2. The van der Waals surface area contributed by atoms with E-state index >= 15 is 0 Å². The highest BCUT2D eigenvalue weighted by molar-refractivity contribution is 5.85. The summed E-state index contributed by atoms with van der Waals surface area (Å²) in [5.41, 5.74) is 0. The Kier molecular flexibility index (Phi) is 3.93. The average Bonchev–Trinajstić information content (AvgIpc) is 1.81. The molecule has 0 amide bonds. The Morgan fingerprint density at radius 1 is 1.30 bits per heavy atom. The molecule has 2 heteroatoms. The maximum atomic E-state index is 10.8. The second kappa shape index (κ2) is 4.20. The monoisotopic (exact) mass is 142 g/mol. The lowest BCUT2D eigenvalue weighted by Gasteiger charge is -2.06. The fraction of sp³-hybridized carbons (Fsp3) is 0.750. The smallest absolute Gasteiger partial charge is 0.133 e. The van der Waals surface area contributed by atoms with E-state index in [1.807, 2.05) is 6.92 Å². The molecular weight excluding hydrogens is 128 g/mol. The first-order valence-electron chi connectivity index (χ1n) is 3.57. The Bertz CT molecular complexity index is 138. The van der Waals surface area contributed by atoms with E-state index in [1.165, 1.54) is 13.8 Å². The fourth-order valence-corrected chi connectivity index (χ4v) is 0.923. The minimum Gasteiger partial charge on any atom is -0.300 e. The van der Waals surface area contributed by atoms with Crippen molar-refractivity contribution in [3.8, 4) is 0 Å². The molecule has 0 fully saturated rings. The summed E-state index contributed by atoms with van der Waals surface area (Å²) in [4.78, 5) is 21.3. The van der Waals surface area contributed by atoms with Gasteiger partial charge in [-0.05, 0) is 20.3 Å². The van der Waals surface area contributed by atoms with Gasteiger partial charge in [-0.25, -0.2) is 0 Å². The first-order chi connectivity index (χ1) is 4.57. The minimum absolute atomic E-state index is 0.0440. The van der Waals surface area contributed by atoms with Crippen molar-refractivity contribution in [2.24, 2.45) is 5.92 Å². The van der Waals surface area contributed by atoms with Gasteiger partial charge in [-0.1, -0.05) is 6.92 Å². The van der Waals surface area contributed by atoms with Crippen molar-refractivity contribution in [3.05, 3.63) is 0 Å². The number of rotatable bonds is 4. The van der Waals surface area contributed by atoms with Crippen LogP contribution in [0.4, 0.5) is 0 Å². The minimum atomic E-state index is -0.0440. The first kappa shape index (κ1) is 9.34. The molecule has 0 spiro atoms. The van der Waals surface area contributed by atoms with Gasteiger partial charge in [0, 0.05) is 12.3 Å². The van der Waals surface area contributed by atoms with Crippen LogP contribution in [0.25, 0.3) is 0 Å². The van der Waals surface area contributed by atoms with Gasteiger partial charge in [0.25, 0.3) is 0 Å². The molecule has 0 bridgehead atoms. The van der Waals surface area contributed by atoms with Crippen LogP contribution in [-0.4, -0.2) is 11.6 Å². The van der Waals surface area contributed by atoms with Crippen molar-refractivity contribution in [3.63, 3.8) is 0 Å². The average molecular weight is 142 g/mol. The quantitative estimate of drug-likeness (QED) is 0.597. The SMILES string of the molecule is CC[C@H](CC(C)=O)C(C)=O. The maximum Gasteiger partial charge on any atom is 0.133 e. The zero-order valence-electron chi connectivity index (χ0n) is 6.81.